The molecule has 1 aliphatic heterocycles. The molecule has 1 aromatic heterocycles. The number of carbonyl (C=O) groups excluding carboxylic acids is 3. The largest absolute Gasteiger partial charge is 0.454 e. The van der Waals surface area contributed by atoms with Crippen LogP contribution >= 0.6 is 11.3 Å². The SMILES string of the molecule is O=C(OCC(=O)c1ccc(CC(=O)N2CCOCC2)s1)c1ccc(F)cc1. The van der Waals surface area contributed by atoms with Crippen molar-refractivity contribution in [2.45, 2.75) is 6.42 Å². The predicted octanol–water partition coefficient (Wildman–Crippen LogP) is 2.33. The molecule has 6 nitrogen and oxygen atoms in total. The van der Waals surface area contributed by atoms with Gasteiger partial charge in [-0.2, -0.15) is 0 Å². The molecule has 0 N–H and O–H groups in total. The third-order valence-corrected chi connectivity index (χ3v) is 5.17. The highest BCUT2D eigenvalue weighted by Crippen LogP contribution is 2.19. The summed E-state index contributed by atoms with van der Waals surface area (Å²) in [5.41, 5.74) is 0.173. The van der Waals surface area contributed by atoms with Crippen molar-refractivity contribution in [2.24, 2.45) is 0 Å². The lowest BCUT2D eigenvalue weighted by Gasteiger charge is -2.26. The molecule has 3 rings (SSSR count). The van der Waals surface area contributed by atoms with Crippen molar-refractivity contribution in [1.29, 1.82) is 0 Å². The van der Waals surface area contributed by atoms with Gasteiger partial charge in [0, 0.05) is 18.0 Å². The van der Waals surface area contributed by atoms with E-state index >= 15 is 0 Å². The fourth-order valence-corrected chi connectivity index (χ4v) is 3.49. The fourth-order valence-electron chi connectivity index (χ4n) is 2.57. The molecule has 0 aliphatic carbocycles. The van der Waals surface area contributed by atoms with Gasteiger partial charge in [-0.1, -0.05) is 0 Å². The van der Waals surface area contributed by atoms with Gasteiger partial charge in [0.15, 0.2) is 6.61 Å². The zero-order valence-electron chi connectivity index (χ0n) is 14.5. The van der Waals surface area contributed by atoms with Gasteiger partial charge in [0.2, 0.25) is 11.7 Å². The van der Waals surface area contributed by atoms with Gasteiger partial charge in [0.25, 0.3) is 0 Å². The molecule has 0 radical (unpaired) electrons. The summed E-state index contributed by atoms with van der Waals surface area (Å²) in [6, 6.07) is 8.24. The maximum Gasteiger partial charge on any atom is 0.338 e. The molecule has 0 unspecified atom stereocenters. The average Bonchev–Trinajstić information content (AvgIpc) is 3.15. The molecule has 0 bridgehead atoms. The number of ketones is 1. The summed E-state index contributed by atoms with van der Waals surface area (Å²) in [5.74, 6) is -1.49. The molecule has 1 aromatic carbocycles. The summed E-state index contributed by atoms with van der Waals surface area (Å²) in [5, 5.41) is 0. The van der Waals surface area contributed by atoms with Crippen LogP contribution in [0.2, 0.25) is 0 Å². The Balaban J connectivity index is 1.51. The van der Waals surface area contributed by atoms with Gasteiger partial charge in [-0.15, -0.1) is 11.3 Å². The van der Waals surface area contributed by atoms with E-state index in [4.69, 9.17) is 9.47 Å². The minimum Gasteiger partial charge on any atom is -0.454 e. The highest BCUT2D eigenvalue weighted by molar-refractivity contribution is 7.14. The molecule has 27 heavy (non-hydrogen) atoms. The maximum absolute atomic E-state index is 12.9. The number of morpholine rings is 1. The molecule has 1 fully saturated rings. The molecule has 1 saturated heterocycles. The topological polar surface area (TPSA) is 72.9 Å². The van der Waals surface area contributed by atoms with Gasteiger partial charge in [-0.05, 0) is 36.4 Å². The molecule has 1 aliphatic rings. The Kier molecular flexibility index (Phi) is 6.31. The molecule has 8 heteroatoms. The summed E-state index contributed by atoms with van der Waals surface area (Å²) in [7, 11) is 0. The van der Waals surface area contributed by atoms with Gasteiger partial charge in [0.1, 0.15) is 5.82 Å². The molecule has 2 heterocycles. The number of carbonyl (C=O) groups is 3. The summed E-state index contributed by atoms with van der Waals surface area (Å²) in [4.78, 5) is 39.2. The van der Waals surface area contributed by atoms with Gasteiger partial charge in [0.05, 0.1) is 30.1 Å². The average molecular weight is 391 g/mol. The van der Waals surface area contributed by atoms with E-state index < -0.39 is 18.4 Å². The van der Waals surface area contributed by atoms with Crippen molar-refractivity contribution in [1.82, 2.24) is 4.90 Å². The van der Waals surface area contributed by atoms with E-state index in [0.717, 1.165) is 17.0 Å². The Morgan fingerprint density at radius 1 is 1.07 bits per heavy atom. The summed E-state index contributed by atoms with van der Waals surface area (Å²) in [6.07, 6.45) is 0.229. The second-order valence-corrected chi connectivity index (χ2v) is 7.11. The van der Waals surface area contributed by atoms with Gasteiger partial charge in [-0.3, -0.25) is 9.59 Å². The number of Topliss-reactive ketones (excluding diaryl/α,β-unsaturated/α-hetero) is 1. The number of nitrogens with zero attached hydrogens (tertiary/aromatic N) is 1. The molecule has 0 saturated carbocycles. The number of ether oxygens (including phenoxy) is 2. The maximum atomic E-state index is 12.9. The van der Waals surface area contributed by atoms with Crippen LogP contribution in [0.1, 0.15) is 24.9 Å². The second-order valence-electron chi connectivity index (χ2n) is 5.94. The molecule has 1 amide bonds. The monoisotopic (exact) mass is 391 g/mol. The van der Waals surface area contributed by atoms with E-state index in [-0.39, 0.29) is 23.7 Å². The lowest BCUT2D eigenvalue weighted by atomic mass is 10.2. The first-order valence-electron chi connectivity index (χ1n) is 8.43. The Morgan fingerprint density at radius 3 is 2.48 bits per heavy atom. The van der Waals surface area contributed by atoms with E-state index in [1.54, 1.807) is 17.0 Å². The van der Waals surface area contributed by atoms with E-state index in [2.05, 4.69) is 0 Å². The van der Waals surface area contributed by atoms with Crippen LogP contribution in [-0.4, -0.2) is 55.5 Å². The molecule has 142 valence electrons. The van der Waals surface area contributed by atoms with Gasteiger partial charge < -0.3 is 14.4 Å². The van der Waals surface area contributed by atoms with E-state index in [0.29, 0.717) is 31.2 Å². The van der Waals surface area contributed by atoms with Crippen molar-refractivity contribution in [3.05, 3.63) is 57.5 Å². The quantitative estimate of drug-likeness (QED) is 0.558. The van der Waals surface area contributed by atoms with E-state index in [1.807, 2.05) is 0 Å². The van der Waals surface area contributed by atoms with Crippen LogP contribution in [0.15, 0.2) is 36.4 Å². The first-order valence-corrected chi connectivity index (χ1v) is 9.25. The van der Waals surface area contributed by atoms with Crippen molar-refractivity contribution in [2.75, 3.05) is 32.9 Å². The van der Waals surface area contributed by atoms with Crippen LogP contribution in [0.5, 0.6) is 0 Å². The smallest absolute Gasteiger partial charge is 0.338 e. The number of esters is 1. The number of hydrogen-bond donors (Lipinski definition) is 0. The summed E-state index contributed by atoms with van der Waals surface area (Å²) >= 11 is 1.21. The molecular formula is C19H18FNO5S. The third-order valence-electron chi connectivity index (χ3n) is 4.04. The van der Waals surface area contributed by atoms with Crippen molar-refractivity contribution in [3.8, 4) is 0 Å². The lowest BCUT2D eigenvalue weighted by Crippen LogP contribution is -2.41. The first-order chi connectivity index (χ1) is 13.0. The Labute approximate surface area is 159 Å². The van der Waals surface area contributed by atoms with Crippen LogP contribution < -0.4 is 0 Å². The number of halogens is 1. The predicted molar refractivity (Wildman–Crippen MR) is 96.4 cm³/mol. The minimum atomic E-state index is -0.692. The molecule has 2 aromatic rings. The molecule has 0 spiro atoms. The van der Waals surface area contributed by atoms with Crippen molar-refractivity contribution < 1.29 is 28.2 Å². The Morgan fingerprint density at radius 2 is 1.78 bits per heavy atom. The second kappa shape index (κ2) is 8.88. The Hall–Kier alpha value is -2.58. The lowest BCUT2D eigenvalue weighted by molar-refractivity contribution is -0.134. The third kappa shape index (κ3) is 5.21. The minimum absolute atomic E-state index is 0.00175. The Bertz CT molecular complexity index is 827. The normalized spacial score (nSPS) is 14.0. The number of hydrogen-bond acceptors (Lipinski definition) is 6. The number of benzene rings is 1. The fraction of sp³-hybridized carbons (Fsp3) is 0.316. The van der Waals surface area contributed by atoms with Crippen LogP contribution in [-0.2, 0) is 20.7 Å². The zero-order chi connectivity index (χ0) is 19.2. The van der Waals surface area contributed by atoms with E-state index in [9.17, 15) is 18.8 Å². The number of amides is 1. The van der Waals surface area contributed by atoms with E-state index in [1.165, 1.54) is 23.5 Å². The standard InChI is InChI=1S/C19H18FNO5S/c20-14-3-1-13(2-4-14)19(24)26-12-16(22)17-6-5-15(27-17)11-18(23)21-7-9-25-10-8-21/h1-6H,7-12H2. The van der Waals surface area contributed by atoms with Crippen molar-refractivity contribution >= 4 is 29.0 Å². The first kappa shape index (κ1) is 19.2. The van der Waals surface area contributed by atoms with Crippen LogP contribution in [0.25, 0.3) is 0 Å². The number of thiophene rings is 1. The van der Waals surface area contributed by atoms with Crippen LogP contribution in [0, 0.1) is 5.82 Å². The summed E-state index contributed by atoms with van der Waals surface area (Å²) in [6.45, 7) is 1.83. The number of rotatable bonds is 6. The summed E-state index contributed by atoms with van der Waals surface area (Å²) < 4.78 is 23.1. The van der Waals surface area contributed by atoms with Crippen LogP contribution in [0.4, 0.5) is 4.39 Å². The molecule has 0 atom stereocenters. The molecular weight excluding hydrogens is 373 g/mol. The zero-order valence-corrected chi connectivity index (χ0v) is 15.3. The highest BCUT2D eigenvalue weighted by Gasteiger charge is 2.19. The van der Waals surface area contributed by atoms with Crippen LogP contribution in [0.3, 0.4) is 0 Å². The van der Waals surface area contributed by atoms with Gasteiger partial charge >= 0.3 is 5.97 Å². The van der Waals surface area contributed by atoms with Crippen molar-refractivity contribution in [3.63, 3.8) is 0 Å². The highest BCUT2D eigenvalue weighted by atomic mass is 32.1. The van der Waals surface area contributed by atoms with Gasteiger partial charge in [-0.25, -0.2) is 9.18 Å².